The summed E-state index contributed by atoms with van der Waals surface area (Å²) in [6.45, 7) is 1.47. The van der Waals surface area contributed by atoms with E-state index in [2.05, 4.69) is 10.3 Å². The van der Waals surface area contributed by atoms with Crippen LogP contribution in [0.1, 0.15) is 30.7 Å². The van der Waals surface area contributed by atoms with Crippen LogP contribution in [-0.4, -0.2) is 38.7 Å². The zero-order chi connectivity index (χ0) is 16.0. The molecule has 21 heavy (non-hydrogen) atoms. The average Bonchev–Trinajstić information content (AvgIpc) is 2.45. The lowest BCUT2D eigenvalue weighted by molar-refractivity contribution is -0.385. The molecule has 1 aromatic heterocycles. The molecule has 9 heteroatoms. The van der Waals surface area contributed by atoms with Gasteiger partial charge in [0.2, 0.25) is 11.6 Å². The Balaban J connectivity index is 2.85. The minimum absolute atomic E-state index is 0.0241. The first-order valence-corrected chi connectivity index (χ1v) is 6.01. The second-order valence-corrected chi connectivity index (χ2v) is 4.29. The number of aliphatic hydroxyl groups is 2. The molecule has 0 saturated heterocycles. The summed E-state index contributed by atoms with van der Waals surface area (Å²) in [6.07, 6.45) is -1.48. The molecule has 0 saturated carbocycles. The topological polar surface area (TPSA) is 149 Å². The van der Waals surface area contributed by atoms with E-state index in [9.17, 15) is 25.1 Å². The Morgan fingerprint density at radius 3 is 2.81 bits per heavy atom. The molecule has 0 radical (unpaired) electrons. The molecule has 0 spiro atoms. The monoisotopic (exact) mass is 294 g/mol. The smallest absolute Gasteiger partial charge is 0.306 e. The van der Waals surface area contributed by atoms with Crippen LogP contribution in [0.3, 0.4) is 0 Å². The number of aromatic nitrogens is 1. The minimum atomic E-state index is -1.40. The van der Waals surface area contributed by atoms with Gasteiger partial charge >= 0.3 is 5.69 Å². The van der Waals surface area contributed by atoms with E-state index in [4.69, 9.17) is 5.26 Å². The third-order valence-corrected chi connectivity index (χ3v) is 2.71. The summed E-state index contributed by atoms with van der Waals surface area (Å²) in [6, 6.07) is 2.57. The number of hydrogen-bond donors (Lipinski definition) is 3. The first kappa shape index (κ1) is 16.5. The highest BCUT2D eigenvalue weighted by atomic mass is 16.6. The largest absolute Gasteiger partial charge is 0.390 e. The van der Waals surface area contributed by atoms with E-state index < -0.39 is 22.8 Å². The molecule has 0 aromatic carbocycles. The summed E-state index contributed by atoms with van der Waals surface area (Å²) in [4.78, 5) is 24.3. The average molecular weight is 294 g/mol. The molecule has 1 heterocycles. The number of nitriles is 1. The zero-order valence-corrected chi connectivity index (χ0v) is 11.2. The molecule has 1 aromatic rings. The second-order valence-electron chi connectivity index (χ2n) is 4.29. The second kappa shape index (κ2) is 7.28. The molecule has 2 unspecified atom stereocenters. The van der Waals surface area contributed by atoms with Crippen LogP contribution >= 0.6 is 0 Å². The summed E-state index contributed by atoms with van der Waals surface area (Å²) < 4.78 is 0. The Bertz CT molecular complexity index is 584. The van der Waals surface area contributed by atoms with Gasteiger partial charge in [-0.3, -0.25) is 14.9 Å². The molecule has 2 atom stereocenters. The molecular weight excluding hydrogens is 280 g/mol. The Hall–Kier alpha value is -2.57. The molecule has 9 nitrogen and oxygen atoms in total. The molecular formula is C12H14N4O5. The number of pyridine rings is 1. The van der Waals surface area contributed by atoms with Crippen molar-refractivity contribution in [1.29, 1.82) is 5.26 Å². The lowest BCUT2D eigenvalue weighted by Gasteiger charge is -2.17. The maximum Gasteiger partial charge on any atom is 0.306 e. The predicted molar refractivity (Wildman–Crippen MR) is 69.9 cm³/mol. The zero-order valence-electron chi connectivity index (χ0n) is 11.2. The number of carbonyl (C=O) groups excluding carboxylic acids is 1. The van der Waals surface area contributed by atoms with Crippen LogP contribution in [0, 0.1) is 21.4 Å². The Kier molecular flexibility index (Phi) is 5.71. The summed E-state index contributed by atoms with van der Waals surface area (Å²) in [7, 11) is 0. The van der Waals surface area contributed by atoms with Gasteiger partial charge in [0.15, 0.2) is 0 Å². The lowest BCUT2D eigenvalue weighted by Crippen LogP contribution is -2.27. The van der Waals surface area contributed by atoms with Gasteiger partial charge in [-0.1, -0.05) is 0 Å². The van der Waals surface area contributed by atoms with Crippen LogP contribution < -0.4 is 5.32 Å². The van der Waals surface area contributed by atoms with E-state index in [1.54, 1.807) is 6.07 Å². The molecule has 3 N–H and O–H groups in total. The number of nitro groups is 1. The highest BCUT2D eigenvalue weighted by molar-refractivity contribution is 5.72. The highest BCUT2D eigenvalue weighted by Crippen LogP contribution is 2.24. The fourth-order valence-corrected chi connectivity index (χ4v) is 1.63. The van der Waals surface area contributed by atoms with Gasteiger partial charge in [-0.2, -0.15) is 5.26 Å². The molecule has 0 bridgehead atoms. The molecule has 0 aliphatic heterocycles. The van der Waals surface area contributed by atoms with Crippen molar-refractivity contribution in [1.82, 2.24) is 10.3 Å². The lowest BCUT2D eigenvalue weighted by atomic mass is 10.0. The summed E-state index contributed by atoms with van der Waals surface area (Å²) in [5, 5.41) is 41.6. The van der Waals surface area contributed by atoms with Gasteiger partial charge in [0.05, 0.1) is 11.0 Å². The third-order valence-electron chi connectivity index (χ3n) is 2.71. The van der Waals surface area contributed by atoms with Gasteiger partial charge < -0.3 is 15.5 Å². The van der Waals surface area contributed by atoms with Crippen molar-refractivity contribution in [2.75, 3.05) is 6.54 Å². The molecule has 0 aliphatic carbocycles. The van der Waals surface area contributed by atoms with Gasteiger partial charge in [-0.05, 0) is 6.42 Å². The third kappa shape index (κ3) is 4.48. The maximum absolute atomic E-state index is 10.8. The van der Waals surface area contributed by atoms with Gasteiger partial charge in [0.1, 0.15) is 12.2 Å². The first-order chi connectivity index (χ1) is 9.86. The van der Waals surface area contributed by atoms with Crippen molar-refractivity contribution in [2.45, 2.75) is 25.6 Å². The van der Waals surface area contributed by atoms with Crippen LogP contribution in [0.15, 0.2) is 12.3 Å². The van der Waals surface area contributed by atoms with Crippen LogP contribution in [0.2, 0.25) is 0 Å². The quantitative estimate of drug-likeness (QED) is 0.485. The SMILES string of the molecule is CC(=O)NCCC(O)C(O)c1cnc(C#N)c([N+](=O)[O-])c1. The number of rotatable bonds is 6. The number of nitrogens with zero attached hydrogens (tertiary/aromatic N) is 3. The number of carbonyl (C=O) groups is 1. The number of aliphatic hydroxyl groups excluding tert-OH is 2. The molecule has 1 rings (SSSR count). The number of hydrogen-bond acceptors (Lipinski definition) is 7. The van der Waals surface area contributed by atoms with E-state index in [0.717, 1.165) is 12.3 Å². The van der Waals surface area contributed by atoms with E-state index in [0.29, 0.717) is 0 Å². The van der Waals surface area contributed by atoms with Crippen molar-refractivity contribution in [3.8, 4) is 6.07 Å². The first-order valence-electron chi connectivity index (χ1n) is 6.01. The van der Waals surface area contributed by atoms with E-state index in [1.165, 1.54) is 6.92 Å². The van der Waals surface area contributed by atoms with Crippen molar-refractivity contribution < 1.29 is 19.9 Å². The van der Waals surface area contributed by atoms with Gasteiger partial charge in [-0.25, -0.2) is 4.98 Å². The number of amides is 1. The Morgan fingerprint density at radius 1 is 1.62 bits per heavy atom. The number of nitrogens with one attached hydrogen (secondary N) is 1. The fourth-order valence-electron chi connectivity index (χ4n) is 1.63. The molecule has 0 fully saturated rings. The van der Waals surface area contributed by atoms with Crippen LogP contribution in [0.4, 0.5) is 5.69 Å². The van der Waals surface area contributed by atoms with Crippen molar-refractivity contribution >= 4 is 11.6 Å². The summed E-state index contributed by atoms with van der Waals surface area (Å²) in [5.41, 5.74) is -0.886. The van der Waals surface area contributed by atoms with Crippen molar-refractivity contribution in [3.05, 3.63) is 33.6 Å². The van der Waals surface area contributed by atoms with Gasteiger partial charge in [-0.15, -0.1) is 0 Å². The standard InChI is InChI=1S/C12H14N4O5/c1-7(17)14-3-2-11(18)12(19)8-4-10(16(20)21)9(5-13)15-6-8/h4,6,11-12,18-19H,2-3H2,1H3,(H,14,17). The van der Waals surface area contributed by atoms with Crippen LogP contribution in [0.5, 0.6) is 0 Å². The minimum Gasteiger partial charge on any atom is -0.390 e. The molecule has 0 aliphatic rings. The maximum atomic E-state index is 10.8. The normalized spacial score (nSPS) is 13.0. The summed E-state index contributed by atoms with van der Waals surface area (Å²) >= 11 is 0. The van der Waals surface area contributed by atoms with E-state index in [1.807, 2.05) is 0 Å². The predicted octanol–water partition coefficient (Wildman–Crippen LogP) is -0.218. The Labute approximate surface area is 120 Å². The molecule has 1 amide bonds. The van der Waals surface area contributed by atoms with Crippen LogP contribution in [-0.2, 0) is 4.79 Å². The van der Waals surface area contributed by atoms with Crippen molar-refractivity contribution in [3.63, 3.8) is 0 Å². The van der Waals surface area contributed by atoms with Crippen LogP contribution in [0.25, 0.3) is 0 Å². The fraction of sp³-hybridized carbons (Fsp3) is 0.417. The van der Waals surface area contributed by atoms with Gasteiger partial charge in [0, 0.05) is 31.3 Å². The van der Waals surface area contributed by atoms with E-state index >= 15 is 0 Å². The van der Waals surface area contributed by atoms with Gasteiger partial charge in [0.25, 0.3) is 0 Å². The molecule has 112 valence electrons. The van der Waals surface area contributed by atoms with Crippen molar-refractivity contribution in [2.24, 2.45) is 0 Å². The summed E-state index contributed by atoms with van der Waals surface area (Å²) in [5.74, 6) is -0.271. The Morgan fingerprint density at radius 2 is 2.29 bits per heavy atom. The van der Waals surface area contributed by atoms with E-state index in [-0.39, 0.29) is 30.1 Å². The highest BCUT2D eigenvalue weighted by Gasteiger charge is 2.23.